The van der Waals surface area contributed by atoms with Crippen molar-refractivity contribution in [2.24, 2.45) is 0 Å². The molecule has 1 aliphatic rings. The Bertz CT molecular complexity index is 845. The zero-order valence-corrected chi connectivity index (χ0v) is 16.1. The Morgan fingerprint density at radius 3 is 2.56 bits per heavy atom. The number of H-pyrrole nitrogens is 1. The smallest absolute Gasteiger partial charge is 0.243 e. The number of sulfonamides is 1. The normalized spacial score (nSPS) is 16.8. The van der Waals surface area contributed by atoms with Gasteiger partial charge in [-0.15, -0.1) is 10.2 Å². The zero-order valence-electron chi connectivity index (χ0n) is 15.3. The Kier molecular flexibility index (Phi) is 6.17. The van der Waals surface area contributed by atoms with Gasteiger partial charge in [0.2, 0.25) is 15.9 Å². The van der Waals surface area contributed by atoms with Gasteiger partial charge in [0.05, 0.1) is 11.3 Å². The summed E-state index contributed by atoms with van der Waals surface area (Å²) in [4.78, 5) is 12.4. The molecule has 3 rings (SSSR count). The number of aromatic amines is 1. The number of carbonyl (C=O) groups is 1. The van der Waals surface area contributed by atoms with Crippen molar-refractivity contribution in [2.75, 3.05) is 19.6 Å². The number of hydrogen-bond donors (Lipinski definition) is 2. The molecule has 1 aromatic carbocycles. The second-order valence-corrected chi connectivity index (χ2v) is 8.70. The molecule has 1 atom stereocenters. The fourth-order valence-corrected chi connectivity index (χ4v) is 4.54. The van der Waals surface area contributed by atoms with Gasteiger partial charge >= 0.3 is 0 Å². The van der Waals surface area contributed by atoms with E-state index in [-0.39, 0.29) is 23.1 Å². The molecule has 2 aromatic rings. The van der Waals surface area contributed by atoms with E-state index >= 15 is 0 Å². The van der Waals surface area contributed by atoms with Crippen LogP contribution in [0.25, 0.3) is 0 Å². The fraction of sp³-hybridized carbons (Fsp3) is 0.529. The number of carbonyl (C=O) groups excluding carboxylic acids is 1. The van der Waals surface area contributed by atoms with Crippen LogP contribution in [0.3, 0.4) is 0 Å². The van der Waals surface area contributed by atoms with Gasteiger partial charge < -0.3 is 5.32 Å². The Morgan fingerprint density at radius 1 is 1.22 bits per heavy atom. The number of benzene rings is 1. The molecule has 1 amide bonds. The molecule has 1 aliphatic heterocycles. The number of rotatable bonds is 7. The van der Waals surface area contributed by atoms with Gasteiger partial charge in [-0.3, -0.25) is 4.79 Å². The molecule has 9 nitrogen and oxygen atoms in total. The fourth-order valence-electron chi connectivity index (χ4n) is 3.02. The van der Waals surface area contributed by atoms with E-state index in [0.717, 1.165) is 24.8 Å². The maximum Gasteiger partial charge on any atom is 0.243 e. The van der Waals surface area contributed by atoms with E-state index in [1.807, 2.05) is 6.92 Å². The van der Waals surface area contributed by atoms with Crippen molar-refractivity contribution in [1.29, 1.82) is 0 Å². The lowest BCUT2D eigenvalue weighted by Gasteiger charge is -2.25. The molecule has 0 spiro atoms. The van der Waals surface area contributed by atoms with Crippen LogP contribution in [-0.2, 0) is 21.2 Å². The van der Waals surface area contributed by atoms with Crippen molar-refractivity contribution in [3.63, 3.8) is 0 Å². The molecule has 1 saturated heterocycles. The monoisotopic (exact) mass is 392 g/mol. The number of amides is 1. The first-order valence-electron chi connectivity index (χ1n) is 9.06. The van der Waals surface area contributed by atoms with Crippen molar-refractivity contribution in [3.05, 3.63) is 35.7 Å². The molecule has 2 heterocycles. The van der Waals surface area contributed by atoms with Gasteiger partial charge in [0.1, 0.15) is 0 Å². The Hall–Kier alpha value is -2.33. The second-order valence-electron chi connectivity index (χ2n) is 6.76. The van der Waals surface area contributed by atoms with E-state index in [2.05, 4.69) is 25.9 Å². The Labute approximate surface area is 158 Å². The largest absolute Gasteiger partial charge is 0.355 e. The highest BCUT2D eigenvalue weighted by atomic mass is 32.2. The summed E-state index contributed by atoms with van der Waals surface area (Å²) < 4.78 is 26.8. The van der Waals surface area contributed by atoms with E-state index in [4.69, 9.17) is 0 Å². The van der Waals surface area contributed by atoms with Crippen molar-refractivity contribution >= 4 is 15.9 Å². The van der Waals surface area contributed by atoms with E-state index in [0.29, 0.717) is 25.5 Å². The van der Waals surface area contributed by atoms with Crippen LogP contribution in [0.2, 0.25) is 0 Å². The average Bonchev–Trinajstić information content (AvgIpc) is 3.22. The number of nitrogens with zero attached hydrogens (tertiary/aromatic N) is 4. The summed E-state index contributed by atoms with van der Waals surface area (Å²) in [6, 6.07) is 6.54. The highest BCUT2D eigenvalue weighted by molar-refractivity contribution is 7.89. The summed E-state index contributed by atoms with van der Waals surface area (Å²) in [5.74, 6) is 0.351. The molecule has 27 heavy (non-hydrogen) atoms. The van der Waals surface area contributed by atoms with Crippen molar-refractivity contribution in [1.82, 2.24) is 30.2 Å². The molecule has 10 heteroatoms. The summed E-state index contributed by atoms with van der Waals surface area (Å²) in [6.45, 7) is 3.45. The molecule has 1 unspecified atom stereocenters. The summed E-state index contributed by atoms with van der Waals surface area (Å²) >= 11 is 0. The zero-order chi connectivity index (χ0) is 19.3. The lowest BCUT2D eigenvalue weighted by atomic mass is 10.1. The van der Waals surface area contributed by atoms with Gasteiger partial charge in [-0.05, 0) is 30.5 Å². The number of hydrogen-bond acceptors (Lipinski definition) is 6. The van der Waals surface area contributed by atoms with Gasteiger partial charge in [-0.25, -0.2) is 8.42 Å². The van der Waals surface area contributed by atoms with Crippen molar-refractivity contribution in [2.45, 2.75) is 43.4 Å². The van der Waals surface area contributed by atoms with Crippen LogP contribution in [0.15, 0.2) is 29.2 Å². The molecule has 1 aromatic heterocycles. The quantitative estimate of drug-likeness (QED) is 0.720. The Balaban J connectivity index is 1.54. The van der Waals surface area contributed by atoms with E-state index in [1.165, 1.54) is 4.31 Å². The van der Waals surface area contributed by atoms with E-state index in [9.17, 15) is 13.2 Å². The molecular weight excluding hydrogens is 368 g/mol. The molecule has 2 N–H and O–H groups in total. The maximum atomic E-state index is 12.6. The van der Waals surface area contributed by atoms with Crippen LogP contribution < -0.4 is 5.32 Å². The van der Waals surface area contributed by atoms with Crippen molar-refractivity contribution in [3.8, 4) is 0 Å². The van der Waals surface area contributed by atoms with Crippen LogP contribution >= 0.6 is 0 Å². The van der Waals surface area contributed by atoms with Crippen LogP contribution in [-0.4, -0.2) is 58.9 Å². The molecule has 1 fully saturated rings. The van der Waals surface area contributed by atoms with Crippen molar-refractivity contribution < 1.29 is 13.2 Å². The van der Waals surface area contributed by atoms with Crippen LogP contribution in [0.4, 0.5) is 0 Å². The topological polar surface area (TPSA) is 121 Å². The molecule has 0 saturated carbocycles. The predicted octanol–water partition coefficient (Wildman–Crippen LogP) is 0.837. The van der Waals surface area contributed by atoms with Gasteiger partial charge in [-0.1, -0.05) is 30.7 Å². The van der Waals surface area contributed by atoms with Gasteiger partial charge in [0.15, 0.2) is 5.82 Å². The predicted molar refractivity (Wildman–Crippen MR) is 98.4 cm³/mol. The summed E-state index contributed by atoms with van der Waals surface area (Å²) in [7, 11) is -3.44. The summed E-state index contributed by atoms with van der Waals surface area (Å²) in [5, 5.41) is 16.5. The lowest BCUT2D eigenvalue weighted by molar-refractivity contribution is -0.120. The van der Waals surface area contributed by atoms with E-state index < -0.39 is 10.0 Å². The first kappa shape index (κ1) is 19.4. The third-order valence-electron chi connectivity index (χ3n) is 4.65. The standard InChI is InChI=1S/C17H24N6O3S/c1-13(17-19-21-22-20-17)12-18-16(24)11-14-5-7-15(8-6-14)27(25,26)23-9-3-2-4-10-23/h5-8,13H,2-4,9-12H2,1H3,(H,18,24)(H,19,20,21,22). The first-order chi connectivity index (χ1) is 13.0. The number of piperidine rings is 1. The minimum atomic E-state index is -3.44. The summed E-state index contributed by atoms with van der Waals surface area (Å²) in [5.41, 5.74) is 0.761. The number of nitrogens with one attached hydrogen (secondary N) is 2. The van der Waals surface area contributed by atoms with Crippen LogP contribution in [0, 0.1) is 0 Å². The third-order valence-corrected chi connectivity index (χ3v) is 6.56. The number of aromatic nitrogens is 4. The molecule has 146 valence electrons. The van der Waals surface area contributed by atoms with E-state index in [1.54, 1.807) is 24.3 Å². The Morgan fingerprint density at radius 2 is 1.93 bits per heavy atom. The minimum absolute atomic E-state index is 0.0511. The van der Waals surface area contributed by atoms with Crippen LogP contribution in [0.5, 0.6) is 0 Å². The van der Waals surface area contributed by atoms with Gasteiger partial charge in [-0.2, -0.15) is 9.52 Å². The maximum absolute atomic E-state index is 12.6. The molecule has 0 bridgehead atoms. The molecule has 0 radical (unpaired) electrons. The minimum Gasteiger partial charge on any atom is -0.355 e. The highest BCUT2D eigenvalue weighted by Gasteiger charge is 2.25. The molecule has 0 aliphatic carbocycles. The molecular formula is C17H24N6O3S. The van der Waals surface area contributed by atoms with Gasteiger partial charge in [0.25, 0.3) is 0 Å². The highest BCUT2D eigenvalue weighted by Crippen LogP contribution is 2.21. The first-order valence-corrected chi connectivity index (χ1v) is 10.5. The van der Waals surface area contributed by atoms with Gasteiger partial charge in [0, 0.05) is 25.6 Å². The average molecular weight is 392 g/mol. The second kappa shape index (κ2) is 8.57. The third kappa shape index (κ3) is 4.89. The number of tetrazole rings is 1. The lowest BCUT2D eigenvalue weighted by Crippen LogP contribution is -2.35. The SMILES string of the molecule is CC(CNC(=O)Cc1ccc(S(=O)(=O)N2CCCCC2)cc1)c1nn[nH]n1. The summed E-state index contributed by atoms with van der Waals surface area (Å²) in [6.07, 6.45) is 3.06. The van der Waals surface area contributed by atoms with Crippen LogP contribution in [0.1, 0.15) is 43.5 Å².